The Bertz CT molecular complexity index is 380. The van der Waals surface area contributed by atoms with Crippen LogP contribution < -0.4 is 5.32 Å². The minimum Gasteiger partial charge on any atom is -0.313 e. The van der Waals surface area contributed by atoms with Gasteiger partial charge in [0.15, 0.2) is 0 Å². The Kier molecular flexibility index (Phi) is 6.00. The van der Waals surface area contributed by atoms with Gasteiger partial charge in [-0.2, -0.15) is 0 Å². The van der Waals surface area contributed by atoms with Crippen LogP contribution >= 0.6 is 23.1 Å². The van der Waals surface area contributed by atoms with Crippen molar-refractivity contribution in [1.29, 1.82) is 0 Å². The van der Waals surface area contributed by atoms with Crippen LogP contribution in [0, 0.1) is 11.3 Å². The van der Waals surface area contributed by atoms with Crippen LogP contribution in [0.5, 0.6) is 0 Å². The fourth-order valence-electron chi connectivity index (χ4n) is 3.09. The highest BCUT2D eigenvalue weighted by atomic mass is 32.2. The summed E-state index contributed by atoms with van der Waals surface area (Å²) in [6.45, 7) is 10.6. The standard InChI is InChI=1S/C17H29NS2/c1-5-10-18-14-9-8-13(17(2,3)4)12-15(14)20-16-7-6-11-19-16/h6-7,11,13-15,18H,5,8-10,12H2,1-4H3. The van der Waals surface area contributed by atoms with E-state index in [4.69, 9.17) is 0 Å². The molecule has 1 heterocycles. The summed E-state index contributed by atoms with van der Waals surface area (Å²) in [5.41, 5.74) is 0.448. The first kappa shape index (κ1) is 16.4. The number of hydrogen-bond donors (Lipinski definition) is 1. The summed E-state index contributed by atoms with van der Waals surface area (Å²) in [5.74, 6) is 0.861. The summed E-state index contributed by atoms with van der Waals surface area (Å²) >= 11 is 3.99. The molecule has 0 radical (unpaired) electrons. The van der Waals surface area contributed by atoms with Crippen LogP contribution in [0.25, 0.3) is 0 Å². The smallest absolute Gasteiger partial charge is 0.0601 e. The molecule has 3 atom stereocenters. The van der Waals surface area contributed by atoms with Crippen molar-refractivity contribution in [2.75, 3.05) is 6.54 Å². The second-order valence-electron chi connectivity index (χ2n) is 7.03. The highest BCUT2D eigenvalue weighted by Crippen LogP contribution is 2.44. The monoisotopic (exact) mass is 311 g/mol. The van der Waals surface area contributed by atoms with Crippen LogP contribution in [-0.2, 0) is 0 Å². The number of thiophene rings is 1. The lowest BCUT2D eigenvalue weighted by Crippen LogP contribution is -2.45. The third-order valence-electron chi connectivity index (χ3n) is 4.44. The first-order chi connectivity index (χ1) is 9.50. The van der Waals surface area contributed by atoms with Gasteiger partial charge in [0.25, 0.3) is 0 Å². The molecule has 2 rings (SSSR count). The van der Waals surface area contributed by atoms with Gasteiger partial charge in [0.05, 0.1) is 4.21 Å². The van der Waals surface area contributed by atoms with Crippen molar-refractivity contribution in [1.82, 2.24) is 5.32 Å². The third kappa shape index (κ3) is 4.51. The van der Waals surface area contributed by atoms with Crippen molar-refractivity contribution in [3.8, 4) is 0 Å². The Morgan fingerprint density at radius 1 is 1.35 bits per heavy atom. The van der Waals surface area contributed by atoms with E-state index in [1.54, 1.807) is 0 Å². The van der Waals surface area contributed by atoms with Crippen LogP contribution in [0.4, 0.5) is 0 Å². The summed E-state index contributed by atoms with van der Waals surface area (Å²) in [6, 6.07) is 5.14. The van der Waals surface area contributed by atoms with Crippen molar-refractivity contribution >= 4 is 23.1 Å². The zero-order chi connectivity index (χ0) is 14.6. The predicted octanol–water partition coefficient (Wildman–Crippen LogP) is 5.42. The van der Waals surface area contributed by atoms with Crippen molar-refractivity contribution in [2.45, 2.75) is 68.9 Å². The molecule has 0 aliphatic heterocycles. The van der Waals surface area contributed by atoms with Gasteiger partial charge in [-0.3, -0.25) is 0 Å². The molecule has 1 fully saturated rings. The Labute approximate surface area is 132 Å². The molecule has 0 saturated heterocycles. The van der Waals surface area contributed by atoms with Crippen LogP contribution in [-0.4, -0.2) is 17.8 Å². The molecule has 1 aliphatic rings. The predicted molar refractivity (Wildman–Crippen MR) is 92.8 cm³/mol. The van der Waals surface area contributed by atoms with Gasteiger partial charge in [-0.25, -0.2) is 0 Å². The number of nitrogens with one attached hydrogen (secondary N) is 1. The lowest BCUT2D eigenvalue weighted by molar-refractivity contribution is 0.165. The van der Waals surface area contributed by atoms with Crippen LogP contribution in [0.3, 0.4) is 0 Å². The zero-order valence-electron chi connectivity index (χ0n) is 13.3. The zero-order valence-corrected chi connectivity index (χ0v) is 14.9. The van der Waals surface area contributed by atoms with E-state index >= 15 is 0 Å². The molecule has 3 heteroatoms. The Morgan fingerprint density at radius 3 is 2.75 bits per heavy atom. The maximum Gasteiger partial charge on any atom is 0.0601 e. The number of rotatable bonds is 5. The molecule has 114 valence electrons. The topological polar surface area (TPSA) is 12.0 Å². The van der Waals surface area contributed by atoms with Crippen LogP contribution in [0.1, 0.15) is 53.4 Å². The van der Waals surface area contributed by atoms with E-state index in [0.29, 0.717) is 11.5 Å². The van der Waals surface area contributed by atoms with Crippen molar-refractivity contribution in [3.63, 3.8) is 0 Å². The summed E-state index contributed by atoms with van der Waals surface area (Å²) in [4.78, 5) is 0. The van der Waals surface area contributed by atoms with E-state index < -0.39 is 0 Å². The quantitative estimate of drug-likeness (QED) is 0.779. The summed E-state index contributed by atoms with van der Waals surface area (Å²) in [7, 11) is 0. The van der Waals surface area contributed by atoms with Gasteiger partial charge < -0.3 is 5.32 Å². The molecular weight excluding hydrogens is 282 g/mol. The van der Waals surface area contributed by atoms with E-state index in [1.807, 2.05) is 11.3 Å². The second kappa shape index (κ2) is 7.33. The van der Waals surface area contributed by atoms with E-state index in [0.717, 1.165) is 17.7 Å². The van der Waals surface area contributed by atoms with Crippen molar-refractivity contribution in [2.24, 2.45) is 11.3 Å². The van der Waals surface area contributed by atoms with Gasteiger partial charge in [0.2, 0.25) is 0 Å². The van der Waals surface area contributed by atoms with Crippen molar-refractivity contribution < 1.29 is 0 Å². The number of hydrogen-bond acceptors (Lipinski definition) is 3. The molecular formula is C17H29NS2. The maximum atomic E-state index is 3.79. The molecule has 0 aromatic carbocycles. The largest absolute Gasteiger partial charge is 0.313 e. The highest BCUT2D eigenvalue weighted by Gasteiger charge is 2.36. The fourth-order valence-corrected chi connectivity index (χ4v) is 5.48. The lowest BCUT2D eigenvalue weighted by Gasteiger charge is -2.41. The SMILES string of the molecule is CCCNC1CCC(C(C)(C)C)CC1Sc1cccs1. The first-order valence-electron chi connectivity index (χ1n) is 7.94. The van der Waals surface area contributed by atoms with Gasteiger partial charge >= 0.3 is 0 Å². The molecule has 1 aromatic rings. The van der Waals surface area contributed by atoms with Gasteiger partial charge in [-0.05, 0) is 55.0 Å². The number of thioether (sulfide) groups is 1. The van der Waals surface area contributed by atoms with Gasteiger partial charge in [0, 0.05) is 11.3 Å². The van der Waals surface area contributed by atoms with E-state index in [1.165, 1.54) is 29.9 Å². The molecule has 0 spiro atoms. The molecule has 1 aliphatic carbocycles. The van der Waals surface area contributed by atoms with Gasteiger partial charge in [0.1, 0.15) is 0 Å². The molecule has 1 nitrogen and oxygen atoms in total. The molecule has 0 bridgehead atoms. The van der Waals surface area contributed by atoms with Crippen LogP contribution in [0.2, 0.25) is 0 Å². The summed E-state index contributed by atoms with van der Waals surface area (Å²) < 4.78 is 1.48. The van der Waals surface area contributed by atoms with E-state index in [2.05, 4.69) is 62.3 Å². The molecule has 3 unspecified atom stereocenters. The normalized spacial score (nSPS) is 27.7. The fraction of sp³-hybridized carbons (Fsp3) is 0.765. The summed E-state index contributed by atoms with van der Waals surface area (Å²) in [5, 5.41) is 6.72. The van der Waals surface area contributed by atoms with Gasteiger partial charge in [-0.1, -0.05) is 33.8 Å². The van der Waals surface area contributed by atoms with Crippen LogP contribution in [0.15, 0.2) is 21.7 Å². The first-order valence-corrected chi connectivity index (χ1v) is 9.70. The van der Waals surface area contributed by atoms with Crippen molar-refractivity contribution in [3.05, 3.63) is 17.5 Å². The average molecular weight is 312 g/mol. The maximum absolute atomic E-state index is 3.79. The molecule has 1 N–H and O–H groups in total. The third-order valence-corrected chi connectivity index (χ3v) is 6.87. The Morgan fingerprint density at radius 2 is 2.15 bits per heavy atom. The molecule has 0 amide bonds. The molecule has 1 aromatic heterocycles. The minimum absolute atomic E-state index is 0.448. The lowest BCUT2D eigenvalue weighted by atomic mass is 9.71. The molecule has 20 heavy (non-hydrogen) atoms. The second-order valence-corrected chi connectivity index (χ2v) is 9.51. The van der Waals surface area contributed by atoms with E-state index in [-0.39, 0.29) is 0 Å². The van der Waals surface area contributed by atoms with Gasteiger partial charge in [-0.15, -0.1) is 23.1 Å². The van der Waals surface area contributed by atoms with E-state index in [9.17, 15) is 0 Å². The Balaban J connectivity index is 2.02. The minimum atomic E-state index is 0.448. The summed E-state index contributed by atoms with van der Waals surface area (Å²) in [6.07, 6.45) is 5.31. The highest BCUT2D eigenvalue weighted by molar-refractivity contribution is 8.01. The molecule has 1 saturated carbocycles. The average Bonchev–Trinajstić information content (AvgIpc) is 2.89. The Hall–Kier alpha value is 0.01000.